The highest BCUT2D eigenvalue weighted by Gasteiger charge is 2.31. The van der Waals surface area contributed by atoms with Crippen LogP contribution in [-0.4, -0.2) is 30.3 Å². The third-order valence-corrected chi connectivity index (χ3v) is 2.39. The number of hydrogen-bond acceptors (Lipinski definition) is 4. The van der Waals surface area contributed by atoms with Gasteiger partial charge in [0.15, 0.2) is 5.60 Å². The van der Waals surface area contributed by atoms with Gasteiger partial charge in [-0.15, -0.1) is 0 Å². The van der Waals surface area contributed by atoms with Gasteiger partial charge in [0.1, 0.15) is 0 Å². The maximum Gasteiger partial charge on any atom is 0.339 e. The number of rotatable bonds is 4. The Labute approximate surface area is 95.2 Å². The summed E-state index contributed by atoms with van der Waals surface area (Å²) in [5.41, 5.74) is 0.437. The van der Waals surface area contributed by atoms with Crippen LogP contribution in [0.25, 0.3) is 0 Å². The van der Waals surface area contributed by atoms with Crippen LogP contribution in [0.15, 0.2) is 24.3 Å². The molecular formula is C12H17NO3. The maximum atomic E-state index is 11.2. The van der Waals surface area contributed by atoms with Gasteiger partial charge in [-0.1, -0.05) is 18.2 Å². The fourth-order valence-electron chi connectivity index (χ4n) is 1.33. The zero-order valence-corrected chi connectivity index (χ0v) is 9.78. The maximum absolute atomic E-state index is 11.2. The molecule has 0 fully saturated rings. The predicted molar refractivity (Wildman–Crippen MR) is 62.3 cm³/mol. The van der Waals surface area contributed by atoms with E-state index in [9.17, 15) is 9.90 Å². The zero-order valence-electron chi connectivity index (χ0n) is 9.78. The van der Waals surface area contributed by atoms with E-state index in [4.69, 9.17) is 0 Å². The summed E-state index contributed by atoms with van der Waals surface area (Å²) in [6, 6.07) is 7.67. The van der Waals surface area contributed by atoms with Crippen LogP contribution in [0.3, 0.4) is 0 Å². The van der Waals surface area contributed by atoms with Crippen molar-refractivity contribution in [1.29, 1.82) is 0 Å². The molecule has 0 aromatic heterocycles. The average Bonchev–Trinajstić information content (AvgIpc) is 2.27. The third kappa shape index (κ3) is 2.97. The van der Waals surface area contributed by atoms with E-state index in [-0.39, 0.29) is 6.54 Å². The third-order valence-electron chi connectivity index (χ3n) is 2.39. The second-order valence-corrected chi connectivity index (χ2v) is 3.93. The van der Waals surface area contributed by atoms with Crippen molar-refractivity contribution < 1.29 is 14.6 Å². The second-order valence-electron chi connectivity index (χ2n) is 3.93. The van der Waals surface area contributed by atoms with Crippen LogP contribution >= 0.6 is 0 Å². The SMILES string of the molecule is COC(=O)C(C)(O)CNc1ccccc1C. The molecule has 4 heteroatoms. The van der Waals surface area contributed by atoms with Crippen LogP contribution < -0.4 is 5.32 Å². The molecule has 88 valence electrons. The van der Waals surface area contributed by atoms with Gasteiger partial charge in [0, 0.05) is 5.69 Å². The second kappa shape index (κ2) is 4.99. The number of hydrogen-bond donors (Lipinski definition) is 2. The summed E-state index contributed by atoms with van der Waals surface area (Å²) in [6.45, 7) is 3.49. The predicted octanol–water partition coefficient (Wildman–Crippen LogP) is 1.33. The van der Waals surface area contributed by atoms with Crippen molar-refractivity contribution in [3.63, 3.8) is 0 Å². The summed E-state index contributed by atoms with van der Waals surface area (Å²) in [5, 5.41) is 12.8. The lowest BCUT2D eigenvalue weighted by atomic mass is 10.1. The normalized spacial score (nSPS) is 14.0. The molecule has 0 aliphatic rings. The molecular weight excluding hydrogens is 206 g/mol. The van der Waals surface area contributed by atoms with E-state index in [1.807, 2.05) is 31.2 Å². The summed E-state index contributed by atoms with van der Waals surface area (Å²) in [7, 11) is 1.25. The van der Waals surface area contributed by atoms with Gasteiger partial charge >= 0.3 is 5.97 Å². The minimum atomic E-state index is -1.52. The van der Waals surface area contributed by atoms with E-state index in [0.717, 1.165) is 11.3 Å². The van der Waals surface area contributed by atoms with Gasteiger partial charge in [-0.05, 0) is 25.5 Å². The molecule has 1 unspecified atom stereocenters. The molecule has 4 nitrogen and oxygen atoms in total. The van der Waals surface area contributed by atoms with Crippen LogP contribution in [0.1, 0.15) is 12.5 Å². The van der Waals surface area contributed by atoms with E-state index in [1.54, 1.807) is 0 Å². The summed E-state index contributed by atoms with van der Waals surface area (Å²) in [4.78, 5) is 11.2. The number of esters is 1. The first kappa shape index (κ1) is 12.5. The van der Waals surface area contributed by atoms with Gasteiger partial charge < -0.3 is 15.2 Å². The number of nitrogens with one attached hydrogen (secondary N) is 1. The number of benzene rings is 1. The highest BCUT2D eigenvalue weighted by molar-refractivity contribution is 5.79. The molecule has 0 spiro atoms. The van der Waals surface area contributed by atoms with Gasteiger partial charge in [-0.3, -0.25) is 0 Å². The first-order valence-electron chi connectivity index (χ1n) is 5.07. The molecule has 1 rings (SSSR count). The van der Waals surface area contributed by atoms with E-state index in [2.05, 4.69) is 10.1 Å². The molecule has 0 heterocycles. The number of methoxy groups -OCH3 is 1. The lowest BCUT2D eigenvalue weighted by molar-refractivity contribution is -0.158. The Hall–Kier alpha value is -1.55. The lowest BCUT2D eigenvalue weighted by Gasteiger charge is -2.21. The first-order valence-corrected chi connectivity index (χ1v) is 5.07. The number of anilines is 1. The number of carbonyl (C=O) groups is 1. The first-order chi connectivity index (χ1) is 7.47. The quantitative estimate of drug-likeness (QED) is 0.756. The minimum absolute atomic E-state index is 0.116. The van der Waals surface area contributed by atoms with E-state index >= 15 is 0 Å². The van der Waals surface area contributed by atoms with Crippen molar-refractivity contribution >= 4 is 11.7 Å². The molecule has 1 aromatic rings. The highest BCUT2D eigenvalue weighted by Crippen LogP contribution is 2.15. The largest absolute Gasteiger partial charge is 0.467 e. The zero-order chi connectivity index (χ0) is 12.2. The summed E-state index contributed by atoms with van der Waals surface area (Å²) < 4.78 is 4.50. The fraction of sp³-hybridized carbons (Fsp3) is 0.417. The molecule has 0 saturated heterocycles. The van der Waals surface area contributed by atoms with Gasteiger partial charge in [0.25, 0.3) is 0 Å². The number of aryl methyl sites for hydroxylation is 1. The molecule has 0 aliphatic carbocycles. The summed E-state index contributed by atoms with van der Waals surface area (Å²) in [6.07, 6.45) is 0. The van der Waals surface area contributed by atoms with Crippen molar-refractivity contribution in [2.45, 2.75) is 19.4 Å². The summed E-state index contributed by atoms with van der Waals surface area (Å²) in [5.74, 6) is -0.645. The Balaban J connectivity index is 2.65. The van der Waals surface area contributed by atoms with Crippen LogP contribution in [0.2, 0.25) is 0 Å². The fourth-order valence-corrected chi connectivity index (χ4v) is 1.33. The lowest BCUT2D eigenvalue weighted by Crippen LogP contribution is -2.42. The Morgan fingerprint density at radius 1 is 1.50 bits per heavy atom. The molecule has 1 aromatic carbocycles. The van der Waals surface area contributed by atoms with Gasteiger partial charge in [-0.2, -0.15) is 0 Å². The Bertz CT molecular complexity index is 374. The number of aliphatic hydroxyl groups is 1. The smallest absolute Gasteiger partial charge is 0.339 e. The van der Waals surface area contributed by atoms with E-state index in [1.165, 1.54) is 14.0 Å². The van der Waals surface area contributed by atoms with Crippen molar-refractivity contribution in [3.05, 3.63) is 29.8 Å². The Kier molecular flexibility index (Phi) is 3.90. The van der Waals surface area contributed by atoms with E-state index in [0.29, 0.717) is 0 Å². The highest BCUT2D eigenvalue weighted by atomic mass is 16.5. The monoisotopic (exact) mass is 223 g/mol. The minimum Gasteiger partial charge on any atom is -0.467 e. The summed E-state index contributed by atoms with van der Waals surface area (Å²) >= 11 is 0. The van der Waals surface area contributed by atoms with E-state index < -0.39 is 11.6 Å². The van der Waals surface area contributed by atoms with Gasteiger partial charge in [0.2, 0.25) is 0 Å². The van der Waals surface area contributed by atoms with Crippen molar-refractivity contribution in [2.75, 3.05) is 19.0 Å². The van der Waals surface area contributed by atoms with Crippen LogP contribution in [0.4, 0.5) is 5.69 Å². The molecule has 0 bridgehead atoms. The molecule has 0 radical (unpaired) electrons. The van der Waals surface area contributed by atoms with Crippen LogP contribution in [0.5, 0.6) is 0 Å². The number of para-hydroxylation sites is 1. The molecule has 16 heavy (non-hydrogen) atoms. The molecule has 0 saturated carbocycles. The standard InChI is InChI=1S/C12H17NO3/c1-9-6-4-5-7-10(9)13-8-12(2,15)11(14)16-3/h4-7,13,15H,8H2,1-3H3. The molecule has 0 aliphatic heterocycles. The van der Waals surface area contributed by atoms with Gasteiger partial charge in [-0.25, -0.2) is 4.79 Å². The van der Waals surface area contributed by atoms with Crippen LogP contribution in [-0.2, 0) is 9.53 Å². The number of carbonyl (C=O) groups excluding carboxylic acids is 1. The Morgan fingerprint density at radius 2 is 2.12 bits per heavy atom. The van der Waals surface area contributed by atoms with Crippen molar-refractivity contribution in [1.82, 2.24) is 0 Å². The van der Waals surface area contributed by atoms with Gasteiger partial charge in [0.05, 0.1) is 13.7 Å². The Morgan fingerprint density at radius 3 is 2.69 bits per heavy atom. The van der Waals surface area contributed by atoms with Crippen LogP contribution in [0, 0.1) is 6.92 Å². The average molecular weight is 223 g/mol. The van der Waals surface area contributed by atoms with Crippen molar-refractivity contribution in [3.8, 4) is 0 Å². The molecule has 1 atom stereocenters. The van der Waals surface area contributed by atoms with Crippen molar-refractivity contribution in [2.24, 2.45) is 0 Å². The molecule has 2 N–H and O–H groups in total. The number of ether oxygens (including phenoxy) is 1. The molecule has 0 amide bonds. The topological polar surface area (TPSA) is 58.6 Å².